The van der Waals surface area contributed by atoms with Crippen LogP contribution in [0.15, 0.2) is 109 Å². The zero-order valence-corrected chi connectivity index (χ0v) is 25.3. The summed E-state index contributed by atoms with van der Waals surface area (Å²) in [5, 5.41) is 5.85. The maximum atomic E-state index is 13.2. The Hall–Kier alpha value is -5.32. The van der Waals surface area contributed by atoms with E-state index in [-0.39, 0.29) is 38.2 Å². The molecule has 5 rings (SSSR count). The summed E-state index contributed by atoms with van der Waals surface area (Å²) in [6.07, 6.45) is 3.63. The molecule has 0 spiro atoms. The molecule has 10 heteroatoms. The molecule has 2 N–H and O–H groups in total. The highest BCUT2D eigenvalue weighted by atomic mass is 16.6. The molecule has 0 radical (unpaired) electrons. The number of nitrogens with one attached hydrogen (secondary N) is 2. The molecule has 0 aliphatic carbocycles. The number of benzene rings is 4. The summed E-state index contributed by atoms with van der Waals surface area (Å²) in [7, 11) is 0. The molecule has 0 aromatic heterocycles. The van der Waals surface area contributed by atoms with Crippen LogP contribution in [0.5, 0.6) is 23.0 Å². The second-order valence-electron chi connectivity index (χ2n) is 9.91. The van der Waals surface area contributed by atoms with Crippen LogP contribution in [0.2, 0.25) is 0 Å². The van der Waals surface area contributed by atoms with Gasteiger partial charge in [-0.3, -0.25) is 9.59 Å². The van der Waals surface area contributed by atoms with Gasteiger partial charge < -0.3 is 39.1 Å². The molecule has 46 heavy (non-hydrogen) atoms. The van der Waals surface area contributed by atoms with Crippen LogP contribution >= 0.6 is 0 Å². The van der Waals surface area contributed by atoms with Crippen LogP contribution in [0.25, 0.3) is 0 Å². The Kier molecular flexibility index (Phi) is 12.0. The maximum Gasteiger partial charge on any atom is 0.259 e. The van der Waals surface area contributed by atoms with Gasteiger partial charge in [-0.15, -0.1) is 0 Å². The largest absolute Gasteiger partial charge is 0.490 e. The van der Waals surface area contributed by atoms with Crippen LogP contribution in [0.4, 0.5) is 11.4 Å². The van der Waals surface area contributed by atoms with E-state index < -0.39 is 0 Å². The number of amides is 2. The third-order valence-corrected chi connectivity index (χ3v) is 6.71. The van der Waals surface area contributed by atoms with Crippen molar-refractivity contribution in [3.8, 4) is 23.0 Å². The number of anilines is 2. The first-order chi connectivity index (χ1) is 22.7. The lowest BCUT2D eigenvalue weighted by molar-refractivity contribution is 0.0272. The minimum Gasteiger partial charge on any atom is -0.490 e. The van der Waals surface area contributed by atoms with Crippen LogP contribution in [0.3, 0.4) is 0 Å². The smallest absolute Gasteiger partial charge is 0.259 e. The van der Waals surface area contributed by atoms with Gasteiger partial charge in [0.25, 0.3) is 11.8 Å². The Morgan fingerprint density at radius 2 is 0.783 bits per heavy atom. The predicted octanol–water partition coefficient (Wildman–Crippen LogP) is 6.01. The van der Waals surface area contributed by atoms with Crippen molar-refractivity contribution in [2.24, 2.45) is 0 Å². The van der Waals surface area contributed by atoms with Crippen molar-refractivity contribution in [3.63, 3.8) is 0 Å². The Balaban J connectivity index is 1.28. The van der Waals surface area contributed by atoms with Crippen LogP contribution in [-0.2, 0) is 9.47 Å². The molecule has 0 saturated carbocycles. The van der Waals surface area contributed by atoms with E-state index in [4.69, 9.17) is 28.4 Å². The maximum absolute atomic E-state index is 13.2. The number of carbonyl (C=O) groups excluding carboxylic acids is 2. The lowest BCUT2D eigenvalue weighted by atomic mass is 10.1. The summed E-state index contributed by atoms with van der Waals surface area (Å²) >= 11 is 0. The van der Waals surface area contributed by atoms with Crippen molar-refractivity contribution in [1.82, 2.24) is 0 Å². The molecule has 2 amide bonds. The quantitative estimate of drug-likeness (QED) is 0.229. The first-order valence-corrected chi connectivity index (χ1v) is 15.0. The van der Waals surface area contributed by atoms with Gasteiger partial charge in [0, 0.05) is 0 Å². The van der Waals surface area contributed by atoms with Crippen molar-refractivity contribution in [3.05, 3.63) is 120 Å². The van der Waals surface area contributed by atoms with Crippen LogP contribution < -0.4 is 29.6 Å². The number of para-hydroxylation sites is 6. The van der Waals surface area contributed by atoms with E-state index in [1.165, 1.54) is 0 Å². The third-order valence-electron chi connectivity index (χ3n) is 6.71. The third kappa shape index (κ3) is 9.34. The lowest BCUT2D eigenvalue weighted by Crippen LogP contribution is -2.17. The van der Waals surface area contributed by atoms with Gasteiger partial charge in [-0.25, -0.2) is 0 Å². The number of hydrogen-bond acceptors (Lipinski definition) is 8. The molecular weight excluding hydrogens is 588 g/mol. The molecule has 0 saturated heterocycles. The van der Waals surface area contributed by atoms with Crippen molar-refractivity contribution in [1.29, 1.82) is 0 Å². The highest BCUT2D eigenvalue weighted by Gasteiger charge is 2.16. The number of ether oxygens (including phenoxy) is 6. The molecule has 4 aromatic carbocycles. The predicted molar refractivity (Wildman–Crippen MR) is 174 cm³/mol. The summed E-state index contributed by atoms with van der Waals surface area (Å²) in [6.45, 7) is 2.36. The fraction of sp³-hybridized carbons (Fsp3) is 0.222. The summed E-state index contributed by atoms with van der Waals surface area (Å²) in [5.41, 5.74) is 1.84. The van der Waals surface area contributed by atoms with E-state index in [0.717, 1.165) is 0 Å². The van der Waals surface area contributed by atoms with Crippen molar-refractivity contribution in [2.75, 3.05) is 63.5 Å². The van der Waals surface area contributed by atoms with Crippen LogP contribution in [0, 0.1) is 0 Å². The molecule has 238 valence electrons. The Morgan fingerprint density at radius 1 is 0.413 bits per heavy atom. The minimum atomic E-state index is -0.325. The number of fused-ring (bicyclic) bond motifs is 4. The number of carbonyl (C=O) groups is 2. The topological polar surface area (TPSA) is 114 Å². The molecule has 1 heterocycles. The SMILES string of the molecule is O=C1Nc2ccccc2OC/C=C/COc2ccccc2NC(=O)c2ccccc2OCCOCCOCCOc2ccccc21. The van der Waals surface area contributed by atoms with Gasteiger partial charge in [0.15, 0.2) is 0 Å². The van der Waals surface area contributed by atoms with Crippen molar-refractivity contribution in [2.45, 2.75) is 0 Å². The van der Waals surface area contributed by atoms with E-state index in [9.17, 15) is 9.59 Å². The summed E-state index contributed by atoms with van der Waals surface area (Å²) in [6, 6.07) is 28.5. The standard InChI is InChI=1S/C36H36N2O8/c39-35-27-11-1-5-15-31(27)45-25-23-41-21-22-42-24-26-46-32-16-6-2-12-28(32)36(40)38-30-14-4-8-18-34(30)44-20-10-9-19-43-33-17-7-3-13-29(33)37-35/h1-18H,19-26H2,(H,37,39)(H,38,40)/b10-9+. The second kappa shape index (κ2) is 17.2. The van der Waals surface area contributed by atoms with E-state index in [1.54, 1.807) is 60.7 Å². The van der Waals surface area contributed by atoms with Crippen LogP contribution in [0.1, 0.15) is 20.7 Å². The molecular formula is C36H36N2O8. The van der Waals surface area contributed by atoms with E-state index >= 15 is 0 Å². The Morgan fingerprint density at radius 3 is 1.24 bits per heavy atom. The highest BCUT2D eigenvalue weighted by molar-refractivity contribution is 6.07. The minimum absolute atomic E-state index is 0.246. The fourth-order valence-corrected chi connectivity index (χ4v) is 4.49. The first-order valence-electron chi connectivity index (χ1n) is 15.0. The van der Waals surface area contributed by atoms with E-state index in [0.29, 0.717) is 71.9 Å². The second-order valence-corrected chi connectivity index (χ2v) is 9.91. The Labute approximate surface area is 267 Å². The zero-order valence-electron chi connectivity index (χ0n) is 25.3. The molecule has 1 aliphatic rings. The van der Waals surface area contributed by atoms with Crippen LogP contribution in [-0.4, -0.2) is 64.7 Å². The average molecular weight is 625 g/mol. The van der Waals surface area contributed by atoms with Crippen molar-refractivity contribution < 1.29 is 38.0 Å². The molecule has 4 aromatic rings. The van der Waals surface area contributed by atoms with E-state index in [2.05, 4.69) is 10.6 Å². The van der Waals surface area contributed by atoms with Gasteiger partial charge in [0.05, 0.1) is 48.9 Å². The molecule has 0 unspecified atom stereocenters. The number of hydrogen-bond donors (Lipinski definition) is 2. The molecule has 0 fully saturated rings. The average Bonchev–Trinajstić information content (AvgIpc) is 3.08. The first kappa shape index (κ1) is 32.1. The molecule has 0 atom stereocenters. The van der Waals surface area contributed by atoms with Gasteiger partial charge in [0.1, 0.15) is 49.4 Å². The zero-order chi connectivity index (χ0) is 31.8. The summed E-state index contributed by atoms with van der Waals surface area (Å²) in [5.74, 6) is 1.27. The molecule has 10 nitrogen and oxygen atoms in total. The summed E-state index contributed by atoms with van der Waals surface area (Å²) < 4.78 is 34.8. The normalized spacial score (nSPS) is 16.3. The molecule has 1 aliphatic heterocycles. The molecule has 0 bridgehead atoms. The van der Waals surface area contributed by atoms with Gasteiger partial charge in [-0.2, -0.15) is 0 Å². The van der Waals surface area contributed by atoms with Gasteiger partial charge in [-0.1, -0.05) is 48.5 Å². The van der Waals surface area contributed by atoms with Gasteiger partial charge >= 0.3 is 0 Å². The number of rotatable bonds is 0. The summed E-state index contributed by atoms with van der Waals surface area (Å²) in [4.78, 5) is 26.4. The van der Waals surface area contributed by atoms with E-state index in [1.807, 2.05) is 48.6 Å². The lowest BCUT2D eigenvalue weighted by Gasteiger charge is -2.15. The Bertz CT molecular complexity index is 1500. The van der Waals surface area contributed by atoms with Gasteiger partial charge in [-0.05, 0) is 60.7 Å². The van der Waals surface area contributed by atoms with Gasteiger partial charge in [0.2, 0.25) is 0 Å². The highest BCUT2D eigenvalue weighted by Crippen LogP contribution is 2.28. The monoisotopic (exact) mass is 624 g/mol. The fourth-order valence-electron chi connectivity index (χ4n) is 4.49. The van der Waals surface area contributed by atoms with Crippen molar-refractivity contribution >= 4 is 23.2 Å².